The fraction of sp³-hybridized carbons (Fsp3) is 0.381. The average molecular weight is 352 g/mol. The Hall–Kier alpha value is -2.53. The minimum atomic E-state index is -0.131. The molecule has 5 nitrogen and oxygen atoms in total. The minimum Gasteiger partial charge on any atom is -0.369 e. The Kier molecular flexibility index (Phi) is 6.50. The van der Waals surface area contributed by atoms with E-state index in [-0.39, 0.29) is 6.03 Å². The van der Waals surface area contributed by atoms with E-state index in [2.05, 4.69) is 50.8 Å². The standard InChI is InChI=1S/C21H28N4O/c1-18-8-5-6-11-20(18)23-21(26)22-12-7-13-24-14-16-25(17-15-24)19-9-3-2-4-10-19/h2-6,8-11H,7,12-17H2,1H3,(H2,22,23,26). The highest BCUT2D eigenvalue weighted by molar-refractivity contribution is 5.89. The molecule has 0 atom stereocenters. The molecule has 0 spiro atoms. The van der Waals surface area contributed by atoms with Gasteiger partial charge in [0.05, 0.1) is 0 Å². The molecule has 2 aromatic rings. The summed E-state index contributed by atoms with van der Waals surface area (Å²) in [6.07, 6.45) is 0.965. The summed E-state index contributed by atoms with van der Waals surface area (Å²) in [7, 11) is 0. The first-order chi connectivity index (χ1) is 12.7. The first-order valence-electron chi connectivity index (χ1n) is 9.35. The minimum absolute atomic E-state index is 0.131. The largest absolute Gasteiger partial charge is 0.369 e. The molecule has 2 amide bonds. The lowest BCUT2D eigenvalue weighted by Crippen LogP contribution is -2.47. The number of nitrogens with zero attached hydrogens (tertiary/aromatic N) is 2. The van der Waals surface area contributed by atoms with Gasteiger partial charge in [0.25, 0.3) is 0 Å². The summed E-state index contributed by atoms with van der Waals surface area (Å²) in [5, 5.41) is 5.85. The number of anilines is 2. The number of para-hydroxylation sites is 2. The van der Waals surface area contributed by atoms with E-state index in [1.54, 1.807) is 0 Å². The normalized spacial score (nSPS) is 14.9. The molecule has 1 aliphatic heterocycles. The second-order valence-corrected chi connectivity index (χ2v) is 6.71. The maximum absolute atomic E-state index is 12.0. The molecule has 0 aliphatic carbocycles. The van der Waals surface area contributed by atoms with E-state index in [0.29, 0.717) is 6.54 Å². The molecule has 138 valence electrons. The van der Waals surface area contributed by atoms with Gasteiger partial charge in [-0.1, -0.05) is 36.4 Å². The molecule has 1 heterocycles. The van der Waals surface area contributed by atoms with E-state index in [1.807, 2.05) is 31.2 Å². The fourth-order valence-electron chi connectivity index (χ4n) is 3.25. The molecule has 5 heteroatoms. The van der Waals surface area contributed by atoms with Gasteiger partial charge in [0.15, 0.2) is 0 Å². The van der Waals surface area contributed by atoms with Gasteiger partial charge in [0.2, 0.25) is 0 Å². The van der Waals surface area contributed by atoms with Crippen molar-refractivity contribution in [1.29, 1.82) is 0 Å². The highest BCUT2D eigenvalue weighted by atomic mass is 16.2. The van der Waals surface area contributed by atoms with Gasteiger partial charge >= 0.3 is 6.03 Å². The maximum atomic E-state index is 12.0. The second-order valence-electron chi connectivity index (χ2n) is 6.71. The number of hydrogen-bond acceptors (Lipinski definition) is 3. The van der Waals surface area contributed by atoms with Crippen molar-refractivity contribution in [3.05, 3.63) is 60.2 Å². The molecule has 1 fully saturated rings. The molecule has 0 bridgehead atoms. The van der Waals surface area contributed by atoms with E-state index in [9.17, 15) is 4.79 Å². The van der Waals surface area contributed by atoms with Gasteiger partial charge in [-0.2, -0.15) is 0 Å². The summed E-state index contributed by atoms with van der Waals surface area (Å²) >= 11 is 0. The van der Waals surface area contributed by atoms with Crippen LogP contribution in [0.15, 0.2) is 54.6 Å². The third kappa shape index (κ3) is 5.23. The maximum Gasteiger partial charge on any atom is 0.319 e. The van der Waals surface area contributed by atoms with Gasteiger partial charge in [-0.3, -0.25) is 4.90 Å². The Balaban J connectivity index is 1.31. The van der Waals surface area contributed by atoms with Crippen LogP contribution in [0, 0.1) is 6.92 Å². The average Bonchev–Trinajstić information content (AvgIpc) is 2.68. The predicted octanol–water partition coefficient (Wildman–Crippen LogP) is 3.33. The van der Waals surface area contributed by atoms with Crippen molar-refractivity contribution in [2.75, 3.05) is 49.5 Å². The number of rotatable bonds is 6. The quantitative estimate of drug-likeness (QED) is 0.784. The van der Waals surface area contributed by atoms with Crippen LogP contribution in [-0.4, -0.2) is 50.2 Å². The van der Waals surface area contributed by atoms with Gasteiger partial charge in [-0.15, -0.1) is 0 Å². The van der Waals surface area contributed by atoms with Crippen LogP contribution in [0.2, 0.25) is 0 Å². The zero-order valence-corrected chi connectivity index (χ0v) is 15.4. The molecule has 0 radical (unpaired) electrons. The van der Waals surface area contributed by atoms with Crippen LogP contribution in [0.5, 0.6) is 0 Å². The zero-order valence-electron chi connectivity index (χ0n) is 15.4. The molecule has 26 heavy (non-hydrogen) atoms. The van der Waals surface area contributed by atoms with Gasteiger partial charge in [-0.25, -0.2) is 4.79 Å². The zero-order chi connectivity index (χ0) is 18.2. The first-order valence-corrected chi connectivity index (χ1v) is 9.35. The van der Waals surface area contributed by atoms with Crippen LogP contribution in [-0.2, 0) is 0 Å². The number of carbonyl (C=O) groups is 1. The number of amides is 2. The number of carbonyl (C=O) groups excluding carboxylic acids is 1. The van der Waals surface area contributed by atoms with Crippen LogP contribution in [0.1, 0.15) is 12.0 Å². The molecular weight excluding hydrogens is 324 g/mol. The summed E-state index contributed by atoms with van der Waals surface area (Å²) in [4.78, 5) is 16.9. The van der Waals surface area contributed by atoms with Crippen molar-refractivity contribution < 1.29 is 4.79 Å². The van der Waals surface area contributed by atoms with Crippen LogP contribution < -0.4 is 15.5 Å². The third-order valence-corrected chi connectivity index (χ3v) is 4.82. The highest BCUT2D eigenvalue weighted by Crippen LogP contribution is 2.15. The summed E-state index contributed by atoms with van der Waals surface area (Å²) in [5.41, 5.74) is 3.24. The van der Waals surface area contributed by atoms with Crippen LogP contribution in [0.3, 0.4) is 0 Å². The van der Waals surface area contributed by atoms with Crippen molar-refractivity contribution in [1.82, 2.24) is 10.2 Å². The third-order valence-electron chi connectivity index (χ3n) is 4.82. The van der Waals surface area contributed by atoms with Crippen molar-refractivity contribution in [3.8, 4) is 0 Å². The van der Waals surface area contributed by atoms with Gasteiger partial charge in [0, 0.05) is 44.1 Å². The lowest BCUT2D eigenvalue weighted by molar-refractivity contribution is 0.244. The van der Waals surface area contributed by atoms with Crippen molar-refractivity contribution in [3.63, 3.8) is 0 Å². The summed E-state index contributed by atoms with van der Waals surface area (Å²) < 4.78 is 0. The molecular formula is C21H28N4O. The predicted molar refractivity (Wildman–Crippen MR) is 108 cm³/mol. The number of aryl methyl sites for hydroxylation is 1. The molecule has 0 saturated carbocycles. The number of benzene rings is 2. The Morgan fingerprint density at radius 2 is 1.65 bits per heavy atom. The highest BCUT2D eigenvalue weighted by Gasteiger charge is 2.16. The number of piperazine rings is 1. The lowest BCUT2D eigenvalue weighted by atomic mass is 10.2. The number of hydrogen-bond donors (Lipinski definition) is 2. The van der Waals surface area contributed by atoms with E-state index in [4.69, 9.17) is 0 Å². The molecule has 2 aromatic carbocycles. The number of nitrogens with one attached hydrogen (secondary N) is 2. The van der Waals surface area contributed by atoms with E-state index in [1.165, 1.54) is 5.69 Å². The van der Waals surface area contributed by atoms with Crippen molar-refractivity contribution in [2.24, 2.45) is 0 Å². The van der Waals surface area contributed by atoms with E-state index >= 15 is 0 Å². The van der Waals surface area contributed by atoms with Crippen LogP contribution in [0.25, 0.3) is 0 Å². The molecule has 0 unspecified atom stereocenters. The monoisotopic (exact) mass is 352 g/mol. The Morgan fingerprint density at radius 3 is 2.38 bits per heavy atom. The first kappa shape index (κ1) is 18.3. The van der Waals surface area contributed by atoms with Crippen molar-refractivity contribution in [2.45, 2.75) is 13.3 Å². The smallest absolute Gasteiger partial charge is 0.319 e. The summed E-state index contributed by atoms with van der Waals surface area (Å²) in [6.45, 7) is 7.97. The Morgan fingerprint density at radius 1 is 0.962 bits per heavy atom. The number of urea groups is 1. The van der Waals surface area contributed by atoms with E-state index < -0.39 is 0 Å². The van der Waals surface area contributed by atoms with Gasteiger partial charge < -0.3 is 15.5 Å². The lowest BCUT2D eigenvalue weighted by Gasteiger charge is -2.36. The molecule has 3 rings (SSSR count). The second kappa shape index (κ2) is 9.25. The van der Waals surface area contributed by atoms with Gasteiger partial charge in [-0.05, 0) is 43.7 Å². The molecule has 1 saturated heterocycles. The van der Waals surface area contributed by atoms with Crippen molar-refractivity contribution >= 4 is 17.4 Å². The summed E-state index contributed by atoms with van der Waals surface area (Å²) in [5.74, 6) is 0. The molecule has 2 N–H and O–H groups in total. The molecule has 0 aromatic heterocycles. The van der Waals surface area contributed by atoms with Gasteiger partial charge in [0.1, 0.15) is 0 Å². The topological polar surface area (TPSA) is 47.6 Å². The SMILES string of the molecule is Cc1ccccc1NC(=O)NCCCN1CCN(c2ccccc2)CC1. The Bertz CT molecular complexity index is 696. The fourth-order valence-corrected chi connectivity index (χ4v) is 3.25. The van der Waals surface area contributed by atoms with Crippen LogP contribution >= 0.6 is 0 Å². The van der Waals surface area contributed by atoms with Crippen LogP contribution in [0.4, 0.5) is 16.2 Å². The summed E-state index contributed by atoms with van der Waals surface area (Å²) in [6, 6.07) is 18.3. The van der Waals surface area contributed by atoms with E-state index in [0.717, 1.165) is 50.4 Å². The molecule has 1 aliphatic rings. The Labute approximate surface area is 156 Å².